The van der Waals surface area contributed by atoms with Crippen molar-refractivity contribution >= 4 is 29.2 Å². The Labute approximate surface area is 115 Å². The lowest BCUT2D eigenvalue weighted by atomic mass is 10.2. The zero-order valence-electron chi connectivity index (χ0n) is 11.0. The third kappa shape index (κ3) is 3.78. The van der Waals surface area contributed by atoms with Gasteiger partial charge >= 0.3 is 11.8 Å². The second kappa shape index (κ2) is 5.40. The molecule has 0 saturated heterocycles. The van der Waals surface area contributed by atoms with E-state index in [1.807, 2.05) is 0 Å². The number of nitrogens with zero attached hydrogens (tertiary/aromatic N) is 3. The first-order valence-electron chi connectivity index (χ1n) is 5.39. The normalized spacial score (nSPS) is 11.0. The Morgan fingerprint density at radius 3 is 2.58 bits per heavy atom. The third-order valence-electron chi connectivity index (χ3n) is 2.02. The quantitative estimate of drug-likeness (QED) is 0.616. The van der Waals surface area contributed by atoms with Gasteiger partial charge < -0.3 is 4.74 Å². The van der Waals surface area contributed by atoms with Crippen molar-refractivity contribution in [3.05, 3.63) is 27.4 Å². The highest BCUT2D eigenvalue weighted by atomic mass is 35.5. The summed E-state index contributed by atoms with van der Waals surface area (Å²) in [4.78, 5) is 26.9. The number of nitro groups is 1. The molecule has 1 rings (SSSR count). The van der Waals surface area contributed by atoms with Gasteiger partial charge in [0.25, 0.3) is 0 Å². The first kappa shape index (κ1) is 15.2. The molecule has 0 N–H and O–H groups in total. The molecule has 0 atom stereocenters. The molecule has 0 fully saturated rings. The molecular weight excluding hydrogens is 274 g/mol. The molecule has 0 aliphatic heterocycles. The molecule has 0 aliphatic rings. The Morgan fingerprint density at radius 2 is 2.11 bits per heavy atom. The molecule has 7 nitrogen and oxygen atoms in total. The summed E-state index contributed by atoms with van der Waals surface area (Å²) in [6, 6.07) is 1.28. The van der Waals surface area contributed by atoms with Crippen LogP contribution in [0, 0.1) is 10.1 Å². The molecular formula is C11H14ClN3O4. The number of anilines is 1. The molecule has 0 aromatic carbocycles. The minimum atomic E-state index is -0.745. The Hall–Kier alpha value is -1.89. The van der Waals surface area contributed by atoms with Crippen molar-refractivity contribution in [1.29, 1.82) is 0 Å². The smallest absolute Gasteiger partial charge is 0.415 e. The molecule has 104 valence electrons. The highest BCUT2D eigenvalue weighted by molar-refractivity contribution is 6.33. The van der Waals surface area contributed by atoms with Crippen LogP contribution in [0.15, 0.2) is 12.3 Å². The molecule has 1 amide bonds. The molecule has 1 heterocycles. The SMILES string of the molecule is CN(C(=O)OC(C)(C)C)c1nccc(Cl)c1[N+](=O)[O-]. The summed E-state index contributed by atoms with van der Waals surface area (Å²) in [5.74, 6) is -0.160. The number of amides is 1. The predicted octanol–water partition coefficient (Wildman–Crippen LogP) is 3.01. The van der Waals surface area contributed by atoms with E-state index in [9.17, 15) is 14.9 Å². The van der Waals surface area contributed by atoms with Gasteiger partial charge in [0.2, 0.25) is 5.82 Å². The van der Waals surface area contributed by atoms with Gasteiger partial charge in [0.1, 0.15) is 10.6 Å². The van der Waals surface area contributed by atoms with Gasteiger partial charge in [0.05, 0.1) is 4.92 Å². The number of halogens is 1. The molecule has 0 aliphatic carbocycles. The standard InChI is InChI=1S/C11H14ClN3O4/c1-11(2,3)19-10(16)14(4)9-8(15(17)18)7(12)5-6-13-9/h5-6H,1-4H3. The van der Waals surface area contributed by atoms with Crippen LogP contribution in [0.2, 0.25) is 5.02 Å². The van der Waals surface area contributed by atoms with Gasteiger partial charge in [-0.15, -0.1) is 0 Å². The molecule has 1 aromatic rings. The van der Waals surface area contributed by atoms with Crippen LogP contribution in [0.25, 0.3) is 0 Å². The summed E-state index contributed by atoms with van der Waals surface area (Å²) >= 11 is 5.75. The van der Waals surface area contributed by atoms with Gasteiger partial charge in [-0.3, -0.25) is 15.0 Å². The van der Waals surface area contributed by atoms with Crippen molar-refractivity contribution in [1.82, 2.24) is 4.98 Å². The van der Waals surface area contributed by atoms with E-state index < -0.39 is 22.3 Å². The number of rotatable bonds is 2. The molecule has 0 saturated carbocycles. The number of hydrogen-bond acceptors (Lipinski definition) is 5. The zero-order chi connectivity index (χ0) is 14.8. The van der Waals surface area contributed by atoms with E-state index in [-0.39, 0.29) is 10.8 Å². The Balaban J connectivity index is 3.13. The van der Waals surface area contributed by atoms with E-state index in [0.717, 1.165) is 4.90 Å². The largest absolute Gasteiger partial charge is 0.443 e. The van der Waals surface area contributed by atoms with Crippen LogP contribution in [-0.4, -0.2) is 28.6 Å². The maximum Gasteiger partial charge on any atom is 0.415 e. The van der Waals surface area contributed by atoms with Crippen LogP contribution in [0.5, 0.6) is 0 Å². The van der Waals surface area contributed by atoms with Gasteiger partial charge in [-0.1, -0.05) is 11.6 Å². The maximum absolute atomic E-state index is 11.8. The Kier molecular flexibility index (Phi) is 4.31. The molecule has 1 aromatic heterocycles. The van der Waals surface area contributed by atoms with Crippen molar-refractivity contribution in [2.24, 2.45) is 0 Å². The molecule has 0 radical (unpaired) electrons. The van der Waals surface area contributed by atoms with Crippen molar-refractivity contribution in [3.8, 4) is 0 Å². The summed E-state index contributed by atoms with van der Waals surface area (Å²) in [5, 5.41) is 10.9. The van der Waals surface area contributed by atoms with E-state index in [1.165, 1.54) is 19.3 Å². The van der Waals surface area contributed by atoms with Gasteiger partial charge in [-0.05, 0) is 26.8 Å². The van der Waals surface area contributed by atoms with Crippen LogP contribution >= 0.6 is 11.6 Å². The Morgan fingerprint density at radius 1 is 1.53 bits per heavy atom. The summed E-state index contributed by atoms with van der Waals surface area (Å²) in [5.41, 5.74) is -1.14. The molecule has 0 spiro atoms. The zero-order valence-corrected chi connectivity index (χ0v) is 11.8. The van der Waals surface area contributed by atoms with Crippen molar-refractivity contribution in [2.75, 3.05) is 11.9 Å². The topological polar surface area (TPSA) is 85.6 Å². The van der Waals surface area contributed by atoms with Crippen LogP contribution in [0.1, 0.15) is 20.8 Å². The maximum atomic E-state index is 11.8. The summed E-state index contributed by atoms with van der Waals surface area (Å²) in [6.45, 7) is 5.08. The minimum Gasteiger partial charge on any atom is -0.443 e. The van der Waals surface area contributed by atoms with Crippen molar-refractivity contribution < 1.29 is 14.5 Å². The number of carbonyl (C=O) groups excluding carboxylic acids is 1. The van der Waals surface area contributed by atoms with Gasteiger partial charge in [0.15, 0.2) is 0 Å². The van der Waals surface area contributed by atoms with Gasteiger partial charge in [-0.2, -0.15) is 0 Å². The fourth-order valence-corrected chi connectivity index (χ4v) is 1.46. The first-order valence-corrected chi connectivity index (χ1v) is 5.77. The molecule has 8 heteroatoms. The molecule has 0 unspecified atom stereocenters. The lowest BCUT2D eigenvalue weighted by Crippen LogP contribution is -2.35. The van der Waals surface area contributed by atoms with Gasteiger partial charge in [-0.25, -0.2) is 9.78 Å². The molecule has 19 heavy (non-hydrogen) atoms. The highest BCUT2D eigenvalue weighted by Crippen LogP contribution is 2.32. The van der Waals surface area contributed by atoms with Crippen LogP contribution in [0.4, 0.5) is 16.3 Å². The highest BCUT2D eigenvalue weighted by Gasteiger charge is 2.29. The van der Waals surface area contributed by atoms with E-state index in [4.69, 9.17) is 16.3 Å². The summed E-state index contributed by atoms with van der Waals surface area (Å²) < 4.78 is 5.11. The van der Waals surface area contributed by atoms with Crippen LogP contribution < -0.4 is 4.90 Å². The lowest BCUT2D eigenvalue weighted by Gasteiger charge is -2.23. The number of aromatic nitrogens is 1. The molecule has 0 bridgehead atoms. The van der Waals surface area contributed by atoms with Gasteiger partial charge in [0, 0.05) is 13.2 Å². The summed E-state index contributed by atoms with van der Waals surface area (Å²) in [6.07, 6.45) is 0.538. The van der Waals surface area contributed by atoms with E-state index in [0.29, 0.717) is 0 Å². The predicted molar refractivity (Wildman–Crippen MR) is 70.5 cm³/mol. The Bertz CT molecular complexity index is 513. The number of carbonyl (C=O) groups is 1. The fraction of sp³-hybridized carbons (Fsp3) is 0.455. The van der Waals surface area contributed by atoms with E-state index in [1.54, 1.807) is 20.8 Å². The monoisotopic (exact) mass is 287 g/mol. The van der Waals surface area contributed by atoms with Crippen molar-refractivity contribution in [3.63, 3.8) is 0 Å². The van der Waals surface area contributed by atoms with E-state index >= 15 is 0 Å². The number of ether oxygens (including phenoxy) is 1. The van der Waals surface area contributed by atoms with E-state index in [2.05, 4.69) is 4.98 Å². The first-order chi connectivity index (χ1) is 8.63. The fourth-order valence-electron chi connectivity index (χ4n) is 1.25. The average molecular weight is 288 g/mol. The number of hydrogen-bond donors (Lipinski definition) is 0. The third-order valence-corrected chi connectivity index (χ3v) is 2.33. The minimum absolute atomic E-state index is 0.0922. The average Bonchev–Trinajstić information content (AvgIpc) is 2.24. The van der Waals surface area contributed by atoms with Crippen LogP contribution in [0.3, 0.4) is 0 Å². The van der Waals surface area contributed by atoms with Crippen molar-refractivity contribution in [2.45, 2.75) is 26.4 Å². The number of pyridine rings is 1. The summed E-state index contributed by atoms with van der Waals surface area (Å²) in [7, 11) is 1.33. The second-order valence-corrected chi connectivity index (χ2v) is 5.17. The van der Waals surface area contributed by atoms with Crippen LogP contribution in [-0.2, 0) is 4.74 Å². The second-order valence-electron chi connectivity index (χ2n) is 4.76. The lowest BCUT2D eigenvalue weighted by molar-refractivity contribution is -0.384.